The maximum atomic E-state index is 11.7. The normalized spacial score (nSPS) is 11.4. The average Bonchev–Trinajstić information content (AvgIpc) is 2.87. The van der Waals surface area contributed by atoms with Gasteiger partial charge in [0.15, 0.2) is 0 Å². The number of amides is 1. The fourth-order valence-electron chi connectivity index (χ4n) is 2.46. The summed E-state index contributed by atoms with van der Waals surface area (Å²) in [6.45, 7) is 2.96. The quantitative estimate of drug-likeness (QED) is 0.721. The molecule has 0 fully saturated rings. The van der Waals surface area contributed by atoms with E-state index in [9.17, 15) is 13.2 Å². The van der Waals surface area contributed by atoms with Gasteiger partial charge in [-0.3, -0.25) is 4.79 Å². The molecule has 2 aromatic rings. The summed E-state index contributed by atoms with van der Waals surface area (Å²) in [7, 11) is -3.78. The predicted octanol–water partition coefficient (Wildman–Crippen LogP) is 0.776. The van der Waals surface area contributed by atoms with Crippen molar-refractivity contribution in [3.05, 3.63) is 24.0 Å². The molecule has 24 heavy (non-hydrogen) atoms. The zero-order valence-electron chi connectivity index (χ0n) is 13.4. The van der Waals surface area contributed by atoms with E-state index in [4.69, 9.17) is 11.6 Å². The van der Waals surface area contributed by atoms with Gasteiger partial charge in [-0.25, -0.2) is 18.5 Å². The Morgan fingerprint density at radius 1 is 1.46 bits per heavy atom. The molecule has 0 saturated heterocycles. The van der Waals surface area contributed by atoms with Gasteiger partial charge in [-0.2, -0.15) is 0 Å². The molecule has 0 unspecified atom stereocenters. The number of nitrogens with two attached hydrogens (primary N) is 1. The second-order valence-corrected chi connectivity index (χ2v) is 6.92. The Morgan fingerprint density at radius 3 is 2.83 bits per heavy atom. The fraction of sp³-hybridized carbons (Fsp3) is 0.375. The molecule has 0 aliphatic carbocycles. The van der Waals surface area contributed by atoms with E-state index >= 15 is 0 Å². The Kier molecular flexibility index (Phi) is 5.59. The Morgan fingerprint density at radius 2 is 2.21 bits per heavy atom. The van der Waals surface area contributed by atoms with Gasteiger partial charge in [0.25, 0.3) is 0 Å². The van der Waals surface area contributed by atoms with E-state index in [0.29, 0.717) is 11.9 Å². The smallest absolute Gasteiger partial charge is 0.238 e. The fourth-order valence-corrected chi connectivity index (χ4v) is 3.00. The Hall–Kier alpha value is -2.37. The van der Waals surface area contributed by atoms with E-state index in [1.807, 2.05) is 11.5 Å². The van der Waals surface area contributed by atoms with Crippen LogP contribution in [0.1, 0.15) is 25.6 Å². The molecule has 3 N–H and O–H groups in total. The van der Waals surface area contributed by atoms with Crippen molar-refractivity contribution in [2.24, 2.45) is 5.14 Å². The molecule has 1 heterocycles. The van der Waals surface area contributed by atoms with Gasteiger partial charge in [-0.15, -0.1) is 6.42 Å². The van der Waals surface area contributed by atoms with Crippen LogP contribution >= 0.6 is 0 Å². The van der Waals surface area contributed by atoms with Crippen LogP contribution in [0.5, 0.6) is 0 Å². The lowest BCUT2D eigenvalue weighted by molar-refractivity contribution is -0.120. The first-order valence-electron chi connectivity index (χ1n) is 7.59. The number of benzene rings is 1. The van der Waals surface area contributed by atoms with E-state index in [1.54, 1.807) is 6.07 Å². The highest BCUT2D eigenvalue weighted by atomic mass is 32.2. The molecule has 8 heteroatoms. The van der Waals surface area contributed by atoms with Crippen molar-refractivity contribution in [3.63, 3.8) is 0 Å². The lowest BCUT2D eigenvalue weighted by Gasteiger charge is -2.08. The van der Waals surface area contributed by atoms with Crippen molar-refractivity contribution in [2.45, 2.75) is 37.6 Å². The molecular formula is C16H20N4O3S. The monoisotopic (exact) mass is 348 g/mol. The molecule has 1 aromatic carbocycles. The number of fused-ring (bicyclic) bond motifs is 1. The molecule has 128 valence electrons. The summed E-state index contributed by atoms with van der Waals surface area (Å²) in [6.07, 6.45) is 6.70. The van der Waals surface area contributed by atoms with Crippen LogP contribution in [-0.4, -0.2) is 30.4 Å². The van der Waals surface area contributed by atoms with Crippen LogP contribution in [0.2, 0.25) is 0 Å². The summed E-state index contributed by atoms with van der Waals surface area (Å²) in [5.41, 5.74) is 1.37. The first-order valence-corrected chi connectivity index (χ1v) is 9.13. The zero-order valence-corrected chi connectivity index (χ0v) is 14.3. The number of imidazole rings is 1. The third-order valence-corrected chi connectivity index (χ3v) is 4.45. The Bertz CT molecular complexity index is 894. The summed E-state index contributed by atoms with van der Waals surface area (Å²) in [5.74, 6) is 2.93. The first-order chi connectivity index (χ1) is 11.4. The van der Waals surface area contributed by atoms with Gasteiger partial charge in [-0.05, 0) is 24.6 Å². The molecule has 0 saturated carbocycles. The van der Waals surface area contributed by atoms with E-state index < -0.39 is 10.0 Å². The standard InChI is InChI=1S/C16H20N4O3S/c1-3-9-18-16(21)8-7-15-19-13-11-12(24(17,22)23)5-6-14(13)20(15)10-4-2/h1,5-6,11H,4,7-10H2,2H3,(H,18,21)(H2,17,22,23). The van der Waals surface area contributed by atoms with Gasteiger partial charge in [0, 0.05) is 19.4 Å². The highest BCUT2D eigenvalue weighted by molar-refractivity contribution is 7.89. The minimum atomic E-state index is -3.78. The topological polar surface area (TPSA) is 107 Å². The number of sulfonamides is 1. The minimum Gasteiger partial charge on any atom is -0.345 e. The number of terminal acetylenes is 1. The number of carbonyl (C=O) groups is 1. The van der Waals surface area contributed by atoms with Crippen molar-refractivity contribution < 1.29 is 13.2 Å². The summed E-state index contributed by atoms with van der Waals surface area (Å²) in [5, 5.41) is 7.77. The summed E-state index contributed by atoms with van der Waals surface area (Å²) < 4.78 is 25.0. The number of aryl methyl sites for hydroxylation is 2. The molecule has 1 aromatic heterocycles. The second kappa shape index (κ2) is 7.47. The van der Waals surface area contributed by atoms with Crippen LogP contribution in [0.25, 0.3) is 11.0 Å². The summed E-state index contributed by atoms with van der Waals surface area (Å²) >= 11 is 0. The van der Waals surface area contributed by atoms with Crippen molar-refractivity contribution in [3.8, 4) is 12.3 Å². The van der Waals surface area contributed by atoms with E-state index in [2.05, 4.69) is 16.2 Å². The highest BCUT2D eigenvalue weighted by Gasteiger charge is 2.15. The average molecular weight is 348 g/mol. The third-order valence-electron chi connectivity index (χ3n) is 3.54. The lowest BCUT2D eigenvalue weighted by atomic mass is 10.2. The number of primary sulfonamides is 1. The molecule has 0 atom stereocenters. The van der Waals surface area contributed by atoms with E-state index in [-0.39, 0.29) is 23.8 Å². The number of nitrogens with one attached hydrogen (secondary N) is 1. The molecule has 2 rings (SSSR count). The summed E-state index contributed by atoms with van der Waals surface area (Å²) in [4.78, 5) is 16.2. The Balaban J connectivity index is 2.33. The number of hydrogen-bond donors (Lipinski definition) is 2. The van der Waals surface area contributed by atoms with Crippen LogP contribution in [0.3, 0.4) is 0 Å². The summed E-state index contributed by atoms with van der Waals surface area (Å²) in [6, 6.07) is 4.62. The molecule has 0 radical (unpaired) electrons. The second-order valence-electron chi connectivity index (χ2n) is 5.36. The van der Waals surface area contributed by atoms with Crippen LogP contribution in [-0.2, 0) is 27.8 Å². The van der Waals surface area contributed by atoms with Crippen LogP contribution in [0.4, 0.5) is 0 Å². The van der Waals surface area contributed by atoms with Crippen molar-refractivity contribution in [1.29, 1.82) is 0 Å². The molecule has 0 bridgehead atoms. The number of nitrogens with zero attached hydrogens (tertiary/aromatic N) is 2. The van der Waals surface area contributed by atoms with Crippen LogP contribution in [0.15, 0.2) is 23.1 Å². The van der Waals surface area contributed by atoms with Gasteiger partial charge < -0.3 is 9.88 Å². The van der Waals surface area contributed by atoms with Gasteiger partial charge in [0.2, 0.25) is 15.9 Å². The number of rotatable bonds is 7. The predicted molar refractivity (Wildman–Crippen MR) is 91.6 cm³/mol. The van der Waals surface area contributed by atoms with Gasteiger partial charge in [-0.1, -0.05) is 12.8 Å². The maximum Gasteiger partial charge on any atom is 0.238 e. The number of aromatic nitrogens is 2. The maximum absolute atomic E-state index is 11.7. The first kappa shape index (κ1) is 18.0. The number of hydrogen-bond acceptors (Lipinski definition) is 4. The molecule has 0 aliphatic heterocycles. The molecular weight excluding hydrogens is 328 g/mol. The molecule has 1 amide bonds. The third kappa shape index (κ3) is 4.13. The van der Waals surface area contributed by atoms with Crippen LogP contribution < -0.4 is 10.5 Å². The molecule has 7 nitrogen and oxygen atoms in total. The largest absolute Gasteiger partial charge is 0.345 e. The van der Waals surface area contributed by atoms with Crippen molar-refractivity contribution in [1.82, 2.24) is 14.9 Å². The molecule has 0 aliphatic rings. The van der Waals surface area contributed by atoms with Gasteiger partial charge in [0.1, 0.15) is 5.82 Å². The van der Waals surface area contributed by atoms with E-state index in [0.717, 1.165) is 24.3 Å². The van der Waals surface area contributed by atoms with Crippen molar-refractivity contribution >= 4 is 27.0 Å². The SMILES string of the molecule is C#CCNC(=O)CCc1nc2cc(S(N)(=O)=O)ccc2n1CCC. The Labute approximate surface area is 141 Å². The van der Waals surface area contributed by atoms with Crippen molar-refractivity contribution in [2.75, 3.05) is 6.54 Å². The highest BCUT2D eigenvalue weighted by Crippen LogP contribution is 2.21. The van der Waals surface area contributed by atoms with Crippen LogP contribution in [0, 0.1) is 12.3 Å². The lowest BCUT2D eigenvalue weighted by Crippen LogP contribution is -2.24. The van der Waals surface area contributed by atoms with E-state index in [1.165, 1.54) is 12.1 Å². The zero-order chi connectivity index (χ0) is 17.7. The molecule has 0 spiro atoms. The van der Waals surface area contributed by atoms with Gasteiger partial charge >= 0.3 is 0 Å². The minimum absolute atomic E-state index is 0.0226. The van der Waals surface area contributed by atoms with Gasteiger partial charge in [0.05, 0.1) is 22.5 Å². The number of carbonyl (C=O) groups excluding carboxylic acids is 1.